The molecule has 4 N–H and O–H groups in total. The molecule has 0 atom stereocenters. The number of methoxy groups -OCH3 is 1. The zero-order valence-corrected chi connectivity index (χ0v) is 14.1. The van der Waals surface area contributed by atoms with E-state index in [4.69, 9.17) is 4.74 Å². The number of fused-ring (bicyclic) bond motifs is 1. The van der Waals surface area contributed by atoms with Gasteiger partial charge in [-0.05, 0) is 30.2 Å². The zero-order chi connectivity index (χ0) is 18.0. The van der Waals surface area contributed by atoms with Gasteiger partial charge in [0.1, 0.15) is 5.75 Å². The summed E-state index contributed by atoms with van der Waals surface area (Å²) in [6.07, 6.45) is 3.08. The van der Waals surface area contributed by atoms with E-state index in [1.54, 1.807) is 13.3 Å². The first kappa shape index (κ1) is 17.0. The lowest BCUT2D eigenvalue weighted by molar-refractivity contribution is 0.415. The quantitative estimate of drug-likeness (QED) is 0.491. The number of aromatic nitrogens is 3. The number of H-pyrrole nitrogens is 3. The summed E-state index contributed by atoms with van der Waals surface area (Å²) in [5.41, 5.74) is 0.0903. The van der Waals surface area contributed by atoms with Gasteiger partial charge in [-0.1, -0.05) is 0 Å². The van der Waals surface area contributed by atoms with Crippen molar-refractivity contribution in [3.8, 4) is 5.75 Å². The fourth-order valence-electron chi connectivity index (χ4n) is 2.49. The van der Waals surface area contributed by atoms with E-state index in [9.17, 15) is 18.0 Å². The molecule has 2 aromatic heterocycles. The third-order valence-corrected chi connectivity index (χ3v) is 5.20. The van der Waals surface area contributed by atoms with E-state index in [1.807, 2.05) is 23.2 Å². The van der Waals surface area contributed by atoms with Gasteiger partial charge < -0.3 is 14.7 Å². The summed E-state index contributed by atoms with van der Waals surface area (Å²) in [7, 11) is -2.45. The Morgan fingerprint density at radius 1 is 1.16 bits per heavy atom. The first-order valence-corrected chi connectivity index (χ1v) is 8.85. The highest BCUT2D eigenvalue weighted by Crippen LogP contribution is 2.23. The van der Waals surface area contributed by atoms with Gasteiger partial charge in [-0.25, -0.2) is 17.9 Å². The average molecular weight is 364 g/mol. The molecule has 132 valence electrons. The Hall–Kier alpha value is -2.85. The number of sulfonamides is 1. The summed E-state index contributed by atoms with van der Waals surface area (Å²) >= 11 is 0. The second-order valence-electron chi connectivity index (χ2n) is 5.31. The van der Waals surface area contributed by atoms with Crippen LogP contribution in [0.3, 0.4) is 0 Å². The first-order chi connectivity index (χ1) is 11.9. The largest absolute Gasteiger partial charge is 0.497 e. The van der Waals surface area contributed by atoms with E-state index in [2.05, 4.69) is 14.7 Å². The molecular formula is C15H16N4O5S. The van der Waals surface area contributed by atoms with Gasteiger partial charge in [0.2, 0.25) is 10.0 Å². The van der Waals surface area contributed by atoms with Crippen molar-refractivity contribution in [2.75, 3.05) is 13.7 Å². The van der Waals surface area contributed by atoms with Gasteiger partial charge in [0.05, 0.1) is 7.11 Å². The van der Waals surface area contributed by atoms with Crippen molar-refractivity contribution in [3.63, 3.8) is 0 Å². The molecule has 3 aromatic rings. The Morgan fingerprint density at radius 2 is 1.96 bits per heavy atom. The van der Waals surface area contributed by atoms with Gasteiger partial charge in [-0.2, -0.15) is 0 Å². The molecule has 1 aromatic carbocycles. The van der Waals surface area contributed by atoms with Crippen molar-refractivity contribution in [1.29, 1.82) is 0 Å². The summed E-state index contributed by atoms with van der Waals surface area (Å²) in [5.74, 6) is 0.703. The lowest BCUT2D eigenvalue weighted by Crippen LogP contribution is -2.33. The Balaban J connectivity index is 1.76. The molecule has 0 aliphatic rings. The Labute approximate surface area is 142 Å². The topological polar surface area (TPSA) is 137 Å². The van der Waals surface area contributed by atoms with Crippen molar-refractivity contribution in [2.45, 2.75) is 11.3 Å². The molecule has 0 radical (unpaired) electrons. The summed E-state index contributed by atoms with van der Waals surface area (Å²) < 4.78 is 31.9. The Bertz CT molecular complexity index is 1130. The predicted octanol–water partition coefficient (Wildman–Crippen LogP) is 0.0741. The van der Waals surface area contributed by atoms with Crippen molar-refractivity contribution < 1.29 is 13.2 Å². The highest BCUT2D eigenvalue weighted by molar-refractivity contribution is 7.89. The number of aromatic amines is 3. The van der Waals surface area contributed by atoms with E-state index in [0.717, 1.165) is 22.7 Å². The fraction of sp³-hybridized carbons (Fsp3) is 0.200. The average Bonchev–Trinajstić information content (AvgIpc) is 2.96. The molecule has 2 heterocycles. The van der Waals surface area contributed by atoms with Gasteiger partial charge in [-0.15, -0.1) is 0 Å². The molecule has 0 fully saturated rings. The molecule has 10 heteroatoms. The van der Waals surface area contributed by atoms with E-state index in [1.165, 1.54) is 0 Å². The van der Waals surface area contributed by atoms with Crippen LogP contribution in [0, 0.1) is 0 Å². The van der Waals surface area contributed by atoms with Gasteiger partial charge in [-0.3, -0.25) is 9.78 Å². The van der Waals surface area contributed by atoms with Crippen LogP contribution in [0.1, 0.15) is 5.56 Å². The molecule has 9 nitrogen and oxygen atoms in total. The number of nitrogens with one attached hydrogen (secondary N) is 4. The van der Waals surface area contributed by atoms with E-state index in [-0.39, 0.29) is 6.54 Å². The van der Waals surface area contributed by atoms with E-state index < -0.39 is 26.2 Å². The first-order valence-electron chi connectivity index (χ1n) is 7.36. The van der Waals surface area contributed by atoms with Crippen LogP contribution < -0.4 is 20.7 Å². The van der Waals surface area contributed by atoms with Crippen LogP contribution in [0.2, 0.25) is 0 Å². The summed E-state index contributed by atoms with van der Waals surface area (Å²) in [6, 6.07) is 5.57. The molecule has 0 aliphatic heterocycles. The van der Waals surface area contributed by atoms with Crippen molar-refractivity contribution >= 4 is 20.9 Å². The third-order valence-electron chi connectivity index (χ3n) is 3.74. The van der Waals surface area contributed by atoms with Gasteiger partial charge in [0, 0.05) is 29.8 Å². The van der Waals surface area contributed by atoms with Crippen molar-refractivity contribution in [3.05, 3.63) is 57.0 Å². The normalized spacial score (nSPS) is 11.7. The maximum atomic E-state index is 12.2. The van der Waals surface area contributed by atoms with Crippen LogP contribution >= 0.6 is 0 Å². The molecular weight excluding hydrogens is 348 g/mol. The molecule has 0 saturated carbocycles. The van der Waals surface area contributed by atoms with Gasteiger partial charge in [0.25, 0.3) is 5.56 Å². The highest BCUT2D eigenvalue weighted by Gasteiger charge is 2.18. The lowest BCUT2D eigenvalue weighted by atomic mass is 10.1. The molecule has 25 heavy (non-hydrogen) atoms. The van der Waals surface area contributed by atoms with Crippen molar-refractivity contribution in [1.82, 2.24) is 19.7 Å². The summed E-state index contributed by atoms with van der Waals surface area (Å²) in [4.78, 5) is 29.2. The summed E-state index contributed by atoms with van der Waals surface area (Å²) in [6.45, 7) is 0.0884. The van der Waals surface area contributed by atoms with E-state index in [0.29, 0.717) is 12.2 Å². The number of rotatable bonds is 6. The highest BCUT2D eigenvalue weighted by atomic mass is 32.2. The smallest absolute Gasteiger partial charge is 0.325 e. The number of benzene rings is 1. The van der Waals surface area contributed by atoms with Crippen LogP contribution in [0.5, 0.6) is 5.75 Å². The molecule has 0 unspecified atom stereocenters. The lowest BCUT2D eigenvalue weighted by Gasteiger charge is -2.06. The number of hydrogen-bond donors (Lipinski definition) is 4. The third kappa shape index (κ3) is 3.49. The van der Waals surface area contributed by atoms with Crippen LogP contribution in [0.4, 0.5) is 0 Å². The molecule has 0 amide bonds. The zero-order valence-electron chi connectivity index (χ0n) is 13.3. The van der Waals surface area contributed by atoms with Crippen molar-refractivity contribution in [2.24, 2.45) is 0 Å². The Kier molecular flexibility index (Phi) is 4.47. The monoisotopic (exact) mass is 364 g/mol. The second-order valence-corrected chi connectivity index (χ2v) is 7.04. The predicted molar refractivity (Wildman–Crippen MR) is 91.4 cm³/mol. The Morgan fingerprint density at radius 3 is 2.68 bits per heavy atom. The molecule has 0 spiro atoms. The molecule has 3 rings (SSSR count). The molecule has 0 aliphatic carbocycles. The maximum Gasteiger partial charge on any atom is 0.325 e. The minimum Gasteiger partial charge on any atom is -0.497 e. The van der Waals surface area contributed by atoms with Gasteiger partial charge >= 0.3 is 5.69 Å². The van der Waals surface area contributed by atoms with Crippen LogP contribution in [0.15, 0.2) is 45.1 Å². The second kappa shape index (κ2) is 6.57. The maximum absolute atomic E-state index is 12.2. The SMILES string of the molecule is COc1ccc2[nH]cc(CCNS(=O)(=O)c3c[nH]c(=O)[nH]c3=O)c2c1. The van der Waals surface area contributed by atoms with Crippen LogP contribution in [-0.2, 0) is 16.4 Å². The standard InChI is InChI=1S/C15H16N4O5S/c1-24-10-2-3-12-11(6-10)9(7-16-12)4-5-18-25(22,23)13-8-17-15(21)19-14(13)20/h2-3,6-8,16,18H,4-5H2,1H3,(H2,17,19,20,21). The van der Waals surface area contributed by atoms with E-state index >= 15 is 0 Å². The molecule has 0 saturated heterocycles. The minimum absolute atomic E-state index is 0.0884. The van der Waals surface area contributed by atoms with Crippen LogP contribution in [-0.4, -0.2) is 37.0 Å². The number of hydrogen-bond acceptors (Lipinski definition) is 5. The fourth-order valence-corrected chi connectivity index (χ4v) is 3.52. The molecule has 0 bridgehead atoms. The minimum atomic E-state index is -4.03. The van der Waals surface area contributed by atoms with Gasteiger partial charge in [0.15, 0.2) is 4.90 Å². The number of ether oxygens (including phenoxy) is 1. The summed E-state index contributed by atoms with van der Waals surface area (Å²) in [5, 5.41) is 0.931. The van der Waals surface area contributed by atoms with Crippen LogP contribution in [0.25, 0.3) is 10.9 Å².